The molecule has 0 saturated carbocycles. The van der Waals surface area contributed by atoms with Gasteiger partial charge in [-0.3, -0.25) is 9.78 Å². The second kappa shape index (κ2) is 7.80. The summed E-state index contributed by atoms with van der Waals surface area (Å²) in [7, 11) is 0. The molecule has 1 aromatic heterocycles. The summed E-state index contributed by atoms with van der Waals surface area (Å²) in [5.41, 5.74) is -0.0470. The molecule has 1 amide bonds. The predicted octanol–water partition coefficient (Wildman–Crippen LogP) is 5.57. The van der Waals surface area contributed by atoms with Crippen LogP contribution in [0.2, 0.25) is 5.02 Å². The van der Waals surface area contributed by atoms with E-state index in [1.807, 2.05) is 0 Å². The van der Waals surface area contributed by atoms with Crippen LogP contribution in [0.1, 0.15) is 29.3 Å². The molecule has 0 aliphatic carbocycles. The average molecular weight is 407 g/mol. The minimum atomic E-state index is -4.43. The van der Waals surface area contributed by atoms with Gasteiger partial charge in [-0.25, -0.2) is 0 Å². The van der Waals surface area contributed by atoms with Crippen molar-refractivity contribution in [1.29, 1.82) is 0 Å². The van der Waals surface area contributed by atoms with E-state index in [1.165, 1.54) is 19.2 Å². The molecule has 3 aromatic rings. The largest absolute Gasteiger partial charge is 0.391 e. The summed E-state index contributed by atoms with van der Waals surface area (Å²) < 4.78 is 39.6. The van der Waals surface area contributed by atoms with Crippen molar-refractivity contribution in [2.45, 2.75) is 31.5 Å². The van der Waals surface area contributed by atoms with Crippen molar-refractivity contribution < 1.29 is 18.0 Å². The SMILES string of the molecule is CC(Cc1ccccc1)(CC(F)(F)F)NC(=O)c1cnc2cccc(Cl)c2c1. The highest BCUT2D eigenvalue weighted by molar-refractivity contribution is 6.35. The number of hydrogen-bond donors (Lipinski definition) is 1. The Hall–Kier alpha value is -2.60. The number of pyridine rings is 1. The van der Waals surface area contributed by atoms with Gasteiger partial charge < -0.3 is 5.32 Å². The lowest BCUT2D eigenvalue weighted by atomic mass is 9.88. The van der Waals surface area contributed by atoms with Crippen molar-refractivity contribution >= 4 is 28.4 Å². The van der Waals surface area contributed by atoms with E-state index >= 15 is 0 Å². The van der Waals surface area contributed by atoms with E-state index in [2.05, 4.69) is 10.3 Å². The maximum Gasteiger partial charge on any atom is 0.391 e. The van der Waals surface area contributed by atoms with Gasteiger partial charge in [-0.05, 0) is 37.1 Å². The third-order valence-electron chi connectivity index (χ3n) is 4.38. The third kappa shape index (κ3) is 5.01. The van der Waals surface area contributed by atoms with E-state index in [1.54, 1.807) is 48.5 Å². The van der Waals surface area contributed by atoms with E-state index in [0.29, 0.717) is 21.5 Å². The molecule has 0 saturated heterocycles. The molecule has 1 N–H and O–H groups in total. The number of fused-ring (bicyclic) bond motifs is 1. The van der Waals surface area contributed by atoms with Gasteiger partial charge in [-0.1, -0.05) is 48.0 Å². The molecule has 1 heterocycles. The Balaban J connectivity index is 1.89. The van der Waals surface area contributed by atoms with Crippen molar-refractivity contribution in [2.24, 2.45) is 0 Å². The monoisotopic (exact) mass is 406 g/mol. The van der Waals surface area contributed by atoms with Crippen LogP contribution in [0.15, 0.2) is 60.8 Å². The summed E-state index contributed by atoms with van der Waals surface area (Å²) in [4.78, 5) is 16.9. The quantitative estimate of drug-likeness (QED) is 0.601. The Morgan fingerprint density at radius 3 is 2.50 bits per heavy atom. The molecule has 7 heteroatoms. The van der Waals surface area contributed by atoms with Gasteiger partial charge in [0, 0.05) is 16.6 Å². The molecule has 0 aliphatic rings. The summed E-state index contributed by atoms with van der Waals surface area (Å²) in [6.45, 7) is 1.40. The lowest BCUT2D eigenvalue weighted by molar-refractivity contribution is -0.147. The topological polar surface area (TPSA) is 42.0 Å². The second-order valence-electron chi connectivity index (χ2n) is 7.00. The first-order valence-electron chi connectivity index (χ1n) is 8.63. The highest BCUT2D eigenvalue weighted by atomic mass is 35.5. The molecule has 3 rings (SSSR count). The highest BCUT2D eigenvalue weighted by Gasteiger charge is 2.40. The maximum absolute atomic E-state index is 13.2. The summed E-state index contributed by atoms with van der Waals surface area (Å²) >= 11 is 6.14. The number of nitrogens with zero attached hydrogens (tertiary/aromatic N) is 1. The number of benzene rings is 2. The van der Waals surface area contributed by atoms with Crippen LogP contribution in [0.25, 0.3) is 10.9 Å². The normalized spacial score (nSPS) is 13.9. The van der Waals surface area contributed by atoms with Crippen LogP contribution in [-0.4, -0.2) is 22.6 Å². The third-order valence-corrected chi connectivity index (χ3v) is 4.71. The van der Waals surface area contributed by atoms with Crippen LogP contribution in [0, 0.1) is 0 Å². The van der Waals surface area contributed by atoms with Crippen LogP contribution in [0.3, 0.4) is 0 Å². The van der Waals surface area contributed by atoms with Gasteiger partial charge >= 0.3 is 6.18 Å². The first-order valence-corrected chi connectivity index (χ1v) is 9.00. The average Bonchev–Trinajstić information content (AvgIpc) is 2.60. The number of nitrogens with one attached hydrogen (secondary N) is 1. The fourth-order valence-corrected chi connectivity index (χ4v) is 3.45. The molecule has 1 unspecified atom stereocenters. The standard InChI is InChI=1S/C21H18ClF3N2O/c1-20(13-21(23,24)25,11-14-6-3-2-4-7-14)27-19(28)15-10-16-17(22)8-5-9-18(16)26-12-15/h2-10,12H,11,13H2,1H3,(H,27,28). The zero-order valence-electron chi connectivity index (χ0n) is 15.1. The number of carbonyl (C=O) groups is 1. The maximum atomic E-state index is 13.2. The Morgan fingerprint density at radius 2 is 1.82 bits per heavy atom. The van der Waals surface area contributed by atoms with Crippen LogP contribution >= 0.6 is 11.6 Å². The van der Waals surface area contributed by atoms with Crippen LogP contribution in [0.4, 0.5) is 13.2 Å². The molecule has 3 nitrogen and oxygen atoms in total. The Labute approximate surface area is 165 Å². The summed E-state index contributed by atoms with van der Waals surface area (Å²) in [6, 6.07) is 15.4. The van der Waals surface area contributed by atoms with Gasteiger partial charge in [0.15, 0.2) is 0 Å². The Bertz CT molecular complexity index is 992. The molecule has 0 radical (unpaired) electrons. The molecular weight excluding hydrogens is 389 g/mol. The molecule has 0 bridgehead atoms. The minimum Gasteiger partial charge on any atom is -0.346 e. The molecular formula is C21H18ClF3N2O. The van der Waals surface area contributed by atoms with E-state index in [4.69, 9.17) is 11.6 Å². The summed E-state index contributed by atoms with van der Waals surface area (Å²) in [5, 5.41) is 3.54. The van der Waals surface area contributed by atoms with Gasteiger partial charge in [-0.2, -0.15) is 13.2 Å². The molecule has 1 atom stereocenters. The molecule has 0 fully saturated rings. The van der Waals surface area contributed by atoms with Crippen LogP contribution < -0.4 is 5.32 Å². The van der Waals surface area contributed by atoms with E-state index in [0.717, 1.165) is 0 Å². The molecule has 0 aliphatic heterocycles. The van der Waals surface area contributed by atoms with Crippen molar-refractivity contribution in [3.05, 3.63) is 76.9 Å². The van der Waals surface area contributed by atoms with Gasteiger partial charge in [0.25, 0.3) is 5.91 Å². The highest BCUT2D eigenvalue weighted by Crippen LogP contribution is 2.30. The first kappa shape index (κ1) is 20.1. The zero-order chi connectivity index (χ0) is 20.4. The second-order valence-corrected chi connectivity index (χ2v) is 7.41. The number of halogens is 4. The Kier molecular flexibility index (Phi) is 5.61. The number of carbonyl (C=O) groups excluding carboxylic acids is 1. The fourth-order valence-electron chi connectivity index (χ4n) is 3.22. The lowest BCUT2D eigenvalue weighted by Gasteiger charge is -2.32. The first-order chi connectivity index (χ1) is 13.2. The van der Waals surface area contributed by atoms with Crippen LogP contribution in [-0.2, 0) is 6.42 Å². The molecule has 0 spiro atoms. The van der Waals surface area contributed by atoms with Crippen LogP contribution in [0.5, 0.6) is 0 Å². The predicted molar refractivity (Wildman–Crippen MR) is 103 cm³/mol. The fraction of sp³-hybridized carbons (Fsp3) is 0.238. The van der Waals surface area contributed by atoms with Gasteiger partial charge in [0.05, 0.1) is 23.0 Å². The molecule has 28 heavy (non-hydrogen) atoms. The summed E-state index contributed by atoms with van der Waals surface area (Å²) in [6.07, 6.45) is -4.20. The lowest BCUT2D eigenvalue weighted by Crippen LogP contribution is -2.50. The minimum absolute atomic E-state index is 0.0425. The van der Waals surface area contributed by atoms with E-state index in [9.17, 15) is 18.0 Å². The van der Waals surface area contributed by atoms with E-state index < -0.39 is 24.0 Å². The van der Waals surface area contributed by atoms with Crippen molar-refractivity contribution in [1.82, 2.24) is 10.3 Å². The smallest absolute Gasteiger partial charge is 0.346 e. The van der Waals surface area contributed by atoms with Gasteiger partial charge in [0.1, 0.15) is 0 Å². The number of rotatable bonds is 5. The number of aromatic nitrogens is 1. The van der Waals surface area contributed by atoms with Gasteiger partial charge in [-0.15, -0.1) is 0 Å². The van der Waals surface area contributed by atoms with Crippen molar-refractivity contribution in [3.8, 4) is 0 Å². The number of alkyl halides is 3. The number of amides is 1. The van der Waals surface area contributed by atoms with Crippen molar-refractivity contribution in [3.63, 3.8) is 0 Å². The number of hydrogen-bond acceptors (Lipinski definition) is 2. The molecule has 146 valence electrons. The Morgan fingerprint density at radius 1 is 1.11 bits per heavy atom. The zero-order valence-corrected chi connectivity index (χ0v) is 15.8. The van der Waals surface area contributed by atoms with E-state index in [-0.39, 0.29) is 12.0 Å². The summed E-state index contributed by atoms with van der Waals surface area (Å²) in [5.74, 6) is -0.628. The molecule has 2 aromatic carbocycles. The van der Waals surface area contributed by atoms with Crippen molar-refractivity contribution in [2.75, 3.05) is 0 Å². The van der Waals surface area contributed by atoms with Gasteiger partial charge in [0.2, 0.25) is 0 Å².